The first-order valence-corrected chi connectivity index (χ1v) is 11.3. The largest absolute Gasteiger partial charge is 0.417 e. The van der Waals surface area contributed by atoms with E-state index in [1.807, 2.05) is 25.1 Å². The van der Waals surface area contributed by atoms with Crippen molar-refractivity contribution in [1.29, 1.82) is 0 Å². The third-order valence-electron chi connectivity index (χ3n) is 6.29. The van der Waals surface area contributed by atoms with Crippen molar-refractivity contribution in [2.75, 3.05) is 31.1 Å². The maximum atomic E-state index is 13.7. The summed E-state index contributed by atoms with van der Waals surface area (Å²) in [5.41, 5.74) is 2.08. The molecule has 0 unspecified atom stereocenters. The van der Waals surface area contributed by atoms with Gasteiger partial charge in [-0.2, -0.15) is 13.2 Å². The number of piperazine rings is 1. The standard InChI is InChI=1S/C26H23F3N4O2/c1-16-6-5-7-18(14-16)32-10-12-33(13-11-32)25(34)20-15-22(30-24-23(20)17(2)31-35-24)19-8-3-4-9-21(19)26(27,28)29/h3-9,14-15H,10-13H2,1-2H3. The van der Waals surface area contributed by atoms with Gasteiger partial charge in [0.1, 0.15) is 0 Å². The molecule has 0 radical (unpaired) electrons. The first-order valence-electron chi connectivity index (χ1n) is 11.3. The van der Waals surface area contributed by atoms with Crippen molar-refractivity contribution in [2.45, 2.75) is 20.0 Å². The Morgan fingerprint density at radius 1 is 0.971 bits per heavy atom. The van der Waals surface area contributed by atoms with E-state index in [1.165, 1.54) is 24.3 Å². The van der Waals surface area contributed by atoms with Gasteiger partial charge < -0.3 is 14.3 Å². The Bertz CT molecular complexity index is 1410. The number of benzene rings is 2. The zero-order chi connectivity index (χ0) is 24.7. The van der Waals surface area contributed by atoms with Gasteiger partial charge >= 0.3 is 6.18 Å². The van der Waals surface area contributed by atoms with Crippen LogP contribution >= 0.6 is 0 Å². The summed E-state index contributed by atoms with van der Waals surface area (Å²) in [7, 11) is 0. The molecule has 2 aromatic heterocycles. The number of carbonyl (C=O) groups is 1. The summed E-state index contributed by atoms with van der Waals surface area (Å²) in [6.45, 7) is 5.98. The number of alkyl halides is 3. The highest BCUT2D eigenvalue weighted by molar-refractivity contribution is 6.07. The molecular formula is C26H23F3N4O2. The highest BCUT2D eigenvalue weighted by Gasteiger charge is 2.34. The van der Waals surface area contributed by atoms with Crippen LogP contribution in [0.2, 0.25) is 0 Å². The molecule has 180 valence electrons. The molecule has 1 saturated heterocycles. The minimum Gasteiger partial charge on any atom is -0.368 e. The van der Waals surface area contributed by atoms with Crippen molar-refractivity contribution in [3.8, 4) is 11.3 Å². The molecule has 35 heavy (non-hydrogen) atoms. The van der Waals surface area contributed by atoms with Crippen molar-refractivity contribution in [1.82, 2.24) is 15.0 Å². The molecule has 0 spiro atoms. The lowest BCUT2D eigenvalue weighted by Crippen LogP contribution is -2.48. The molecule has 0 saturated carbocycles. The Morgan fingerprint density at radius 3 is 2.43 bits per heavy atom. The first-order chi connectivity index (χ1) is 16.7. The smallest absolute Gasteiger partial charge is 0.368 e. The molecule has 2 aromatic carbocycles. The SMILES string of the molecule is Cc1cccc(N2CCN(C(=O)c3cc(-c4ccccc4C(F)(F)F)nc4onc(C)c34)CC2)c1. The van der Waals surface area contributed by atoms with Crippen LogP contribution in [0.15, 0.2) is 59.1 Å². The predicted octanol–water partition coefficient (Wildman–Crippen LogP) is 5.49. The van der Waals surface area contributed by atoms with Crippen LogP contribution < -0.4 is 4.90 Å². The molecule has 9 heteroatoms. The zero-order valence-corrected chi connectivity index (χ0v) is 19.3. The number of rotatable bonds is 3. The Hall–Kier alpha value is -3.88. The van der Waals surface area contributed by atoms with E-state index in [0.717, 1.165) is 17.3 Å². The summed E-state index contributed by atoms with van der Waals surface area (Å²) >= 11 is 0. The number of aromatic nitrogens is 2. The molecular weight excluding hydrogens is 457 g/mol. The average molecular weight is 480 g/mol. The zero-order valence-electron chi connectivity index (χ0n) is 19.3. The van der Waals surface area contributed by atoms with E-state index in [0.29, 0.717) is 37.3 Å². The van der Waals surface area contributed by atoms with E-state index >= 15 is 0 Å². The van der Waals surface area contributed by atoms with Crippen LogP contribution in [-0.4, -0.2) is 47.1 Å². The molecule has 5 rings (SSSR count). The van der Waals surface area contributed by atoms with Crippen LogP contribution in [0.4, 0.5) is 18.9 Å². The third kappa shape index (κ3) is 4.34. The second kappa shape index (κ2) is 8.72. The van der Waals surface area contributed by atoms with Crippen molar-refractivity contribution in [3.63, 3.8) is 0 Å². The van der Waals surface area contributed by atoms with Crippen molar-refractivity contribution >= 4 is 22.7 Å². The summed E-state index contributed by atoms with van der Waals surface area (Å²) in [5.74, 6) is -0.279. The molecule has 1 aliphatic heterocycles. The van der Waals surface area contributed by atoms with E-state index in [1.54, 1.807) is 11.8 Å². The quantitative estimate of drug-likeness (QED) is 0.388. The van der Waals surface area contributed by atoms with Crippen molar-refractivity contribution in [3.05, 3.63) is 77.0 Å². The van der Waals surface area contributed by atoms with Crippen LogP contribution in [-0.2, 0) is 6.18 Å². The van der Waals surface area contributed by atoms with Gasteiger partial charge in [-0.05, 0) is 43.7 Å². The number of aryl methyl sites for hydroxylation is 2. The van der Waals surface area contributed by atoms with E-state index in [2.05, 4.69) is 21.1 Å². The van der Waals surface area contributed by atoms with Gasteiger partial charge in [-0.1, -0.05) is 35.5 Å². The van der Waals surface area contributed by atoms with E-state index in [4.69, 9.17) is 4.52 Å². The number of carbonyl (C=O) groups excluding carboxylic acids is 1. The Morgan fingerprint density at radius 2 is 1.71 bits per heavy atom. The van der Waals surface area contributed by atoms with Crippen LogP contribution in [0.3, 0.4) is 0 Å². The van der Waals surface area contributed by atoms with E-state index in [-0.39, 0.29) is 28.4 Å². The van der Waals surface area contributed by atoms with Crippen molar-refractivity contribution in [2.24, 2.45) is 0 Å². The molecule has 0 aliphatic carbocycles. The molecule has 1 amide bonds. The number of halogens is 3. The normalized spacial score (nSPS) is 14.5. The molecule has 0 N–H and O–H groups in total. The maximum Gasteiger partial charge on any atom is 0.417 e. The Balaban J connectivity index is 1.49. The highest BCUT2D eigenvalue weighted by Crippen LogP contribution is 2.38. The summed E-state index contributed by atoms with van der Waals surface area (Å²) < 4.78 is 46.3. The lowest BCUT2D eigenvalue weighted by Gasteiger charge is -2.36. The summed E-state index contributed by atoms with van der Waals surface area (Å²) in [6, 6.07) is 14.8. The summed E-state index contributed by atoms with van der Waals surface area (Å²) in [5, 5.41) is 4.33. The number of nitrogens with zero attached hydrogens (tertiary/aromatic N) is 4. The topological polar surface area (TPSA) is 62.5 Å². The molecule has 0 bridgehead atoms. The second-order valence-electron chi connectivity index (χ2n) is 8.66. The summed E-state index contributed by atoms with van der Waals surface area (Å²) in [6.07, 6.45) is -4.57. The fraction of sp³-hybridized carbons (Fsp3) is 0.269. The van der Waals surface area contributed by atoms with Crippen molar-refractivity contribution < 1.29 is 22.5 Å². The monoisotopic (exact) mass is 480 g/mol. The fourth-order valence-electron chi connectivity index (χ4n) is 4.52. The van der Waals surface area contributed by atoms with Gasteiger partial charge in [0.05, 0.1) is 27.9 Å². The van der Waals surface area contributed by atoms with Gasteiger partial charge in [0.15, 0.2) is 0 Å². The highest BCUT2D eigenvalue weighted by atomic mass is 19.4. The first kappa shape index (κ1) is 22.9. The number of hydrogen-bond acceptors (Lipinski definition) is 5. The number of hydrogen-bond donors (Lipinski definition) is 0. The van der Waals surface area contributed by atoms with Gasteiger partial charge in [-0.25, -0.2) is 4.98 Å². The van der Waals surface area contributed by atoms with Gasteiger partial charge in [0.25, 0.3) is 11.6 Å². The minimum absolute atomic E-state index is 0.0170. The summed E-state index contributed by atoms with van der Waals surface area (Å²) in [4.78, 5) is 21.8. The lowest BCUT2D eigenvalue weighted by molar-refractivity contribution is -0.137. The second-order valence-corrected chi connectivity index (χ2v) is 8.66. The van der Waals surface area contributed by atoms with Gasteiger partial charge in [0, 0.05) is 37.4 Å². The molecule has 4 aromatic rings. The number of fused-ring (bicyclic) bond motifs is 1. The van der Waals surface area contributed by atoms with Crippen LogP contribution in [0, 0.1) is 13.8 Å². The Labute approximate surface area is 200 Å². The minimum atomic E-state index is -4.57. The van der Waals surface area contributed by atoms with Crippen LogP contribution in [0.25, 0.3) is 22.4 Å². The van der Waals surface area contributed by atoms with Gasteiger partial charge in [-0.15, -0.1) is 0 Å². The molecule has 6 nitrogen and oxygen atoms in total. The molecule has 1 fully saturated rings. The lowest BCUT2D eigenvalue weighted by atomic mass is 10.00. The number of amides is 1. The molecule has 3 heterocycles. The fourth-order valence-corrected chi connectivity index (χ4v) is 4.52. The third-order valence-corrected chi connectivity index (χ3v) is 6.29. The maximum absolute atomic E-state index is 13.7. The number of pyridine rings is 1. The van der Waals surface area contributed by atoms with Crippen LogP contribution in [0.1, 0.15) is 27.2 Å². The molecule has 1 aliphatic rings. The van der Waals surface area contributed by atoms with Crippen LogP contribution in [0.5, 0.6) is 0 Å². The molecule has 0 atom stereocenters. The van der Waals surface area contributed by atoms with Gasteiger partial charge in [0.2, 0.25) is 0 Å². The predicted molar refractivity (Wildman–Crippen MR) is 126 cm³/mol. The average Bonchev–Trinajstić information content (AvgIpc) is 3.23. The number of anilines is 1. The van der Waals surface area contributed by atoms with E-state index in [9.17, 15) is 18.0 Å². The van der Waals surface area contributed by atoms with Gasteiger partial charge in [-0.3, -0.25) is 4.79 Å². The Kier molecular flexibility index (Phi) is 5.70. The van der Waals surface area contributed by atoms with E-state index < -0.39 is 11.7 Å².